The van der Waals surface area contributed by atoms with E-state index in [1.165, 1.54) is 12.8 Å². The van der Waals surface area contributed by atoms with Gasteiger partial charge in [0.05, 0.1) is 12.6 Å². The number of aliphatic imine (C=N–C) groups is 1. The Bertz CT molecular complexity index is 438. The Morgan fingerprint density at radius 2 is 1.88 bits per heavy atom. The molecule has 6 nitrogen and oxygen atoms in total. The fraction of sp³-hybridized carbons (Fsp3) is 0.882. The van der Waals surface area contributed by atoms with Crippen LogP contribution in [0.15, 0.2) is 4.99 Å². The van der Waals surface area contributed by atoms with E-state index in [-0.39, 0.29) is 36.1 Å². The molecule has 2 rings (SSSR count). The molecule has 2 fully saturated rings. The molecule has 0 aromatic heterocycles. The van der Waals surface area contributed by atoms with Gasteiger partial charge in [0.25, 0.3) is 0 Å². The number of alkyl carbamates (subject to hydrolysis) is 1. The molecule has 0 aromatic carbocycles. The molecule has 2 aliphatic rings. The number of amides is 1. The number of nitrogens with one attached hydrogen (secondary N) is 1. The number of carbonyl (C=O) groups excluding carboxylic acids is 1. The maximum absolute atomic E-state index is 12.0. The summed E-state index contributed by atoms with van der Waals surface area (Å²) >= 11 is 0. The summed E-state index contributed by atoms with van der Waals surface area (Å²) in [5.41, 5.74) is 5.65. The number of ether oxygens (including phenoxy) is 1. The van der Waals surface area contributed by atoms with Gasteiger partial charge >= 0.3 is 6.09 Å². The molecule has 1 aliphatic carbocycles. The van der Waals surface area contributed by atoms with E-state index in [0.29, 0.717) is 18.4 Å². The Morgan fingerprint density at radius 3 is 2.38 bits per heavy atom. The van der Waals surface area contributed by atoms with Crippen molar-refractivity contribution in [1.82, 2.24) is 10.2 Å². The first-order valence-electron chi connectivity index (χ1n) is 8.79. The molecule has 1 atom stereocenters. The zero-order valence-corrected chi connectivity index (χ0v) is 17.7. The molecule has 24 heavy (non-hydrogen) atoms. The highest BCUT2D eigenvalue weighted by atomic mass is 127. The van der Waals surface area contributed by atoms with Gasteiger partial charge < -0.3 is 20.7 Å². The molecule has 140 valence electrons. The van der Waals surface area contributed by atoms with Crippen molar-refractivity contribution in [3.05, 3.63) is 0 Å². The van der Waals surface area contributed by atoms with E-state index < -0.39 is 5.60 Å². The topological polar surface area (TPSA) is 80.0 Å². The lowest BCUT2D eigenvalue weighted by atomic mass is 10.00. The highest BCUT2D eigenvalue weighted by Gasteiger charge is 2.33. The molecule has 1 saturated heterocycles. The number of guanidine groups is 1. The van der Waals surface area contributed by atoms with E-state index in [0.717, 1.165) is 31.8 Å². The third-order valence-corrected chi connectivity index (χ3v) is 4.45. The highest BCUT2D eigenvalue weighted by molar-refractivity contribution is 14.0. The highest BCUT2D eigenvalue weighted by Crippen LogP contribution is 2.33. The average Bonchev–Trinajstić information content (AvgIpc) is 3.26. The summed E-state index contributed by atoms with van der Waals surface area (Å²) in [5.74, 6) is 1.88. The van der Waals surface area contributed by atoms with E-state index in [9.17, 15) is 4.79 Å². The first kappa shape index (κ1) is 21.3. The molecule has 3 N–H and O–H groups in total. The molecule has 1 aliphatic heterocycles. The number of piperidine rings is 1. The van der Waals surface area contributed by atoms with Crippen molar-refractivity contribution in [1.29, 1.82) is 0 Å². The van der Waals surface area contributed by atoms with Gasteiger partial charge in [0.1, 0.15) is 5.60 Å². The maximum atomic E-state index is 12.0. The van der Waals surface area contributed by atoms with Gasteiger partial charge in [-0.05, 0) is 58.3 Å². The van der Waals surface area contributed by atoms with Crippen LogP contribution in [0.5, 0.6) is 0 Å². The van der Waals surface area contributed by atoms with Gasteiger partial charge in [-0.2, -0.15) is 0 Å². The van der Waals surface area contributed by atoms with Gasteiger partial charge in [-0.1, -0.05) is 6.92 Å². The Kier molecular flexibility index (Phi) is 8.08. The summed E-state index contributed by atoms with van der Waals surface area (Å²) in [6.45, 7) is 10.4. The molecule has 0 bridgehead atoms. The maximum Gasteiger partial charge on any atom is 0.407 e. The second kappa shape index (κ2) is 9.10. The second-order valence-electron chi connectivity index (χ2n) is 7.96. The van der Waals surface area contributed by atoms with E-state index in [4.69, 9.17) is 10.5 Å². The Balaban J connectivity index is 0.00000288. The lowest BCUT2D eigenvalue weighted by Crippen LogP contribution is -2.45. The minimum atomic E-state index is -0.481. The summed E-state index contributed by atoms with van der Waals surface area (Å²) in [5, 5.41) is 2.96. The molecule has 1 heterocycles. The van der Waals surface area contributed by atoms with Crippen LogP contribution in [-0.2, 0) is 4.74 Å². The van der Waals surface area contributed by atoms with Crippen LogP contribution in [0.1, 0.15) is 53.4 Å². The van der Waals surface area contributed by atoms with Crippen LogP contribution in [0.25, 0.3) is 0 Å². The van der Waals surface area contributed by atoms with Gasteiger partial charge in [0.15, 0.2) is 5.96 Å². The first-order valence-corrected chi connectivity index (χ1v) is 8.79. The van der Waals surface area contributed by atoms with E-state index in [1.807, 2.05) is 20.8 Å². The number of carbonyl (C=O) groups is 1. The number of hydrogen-bond acceptors (Lipinski definition) is 3. The number of halogens is 1. The number of hydrogen-bond donors (Lipinski definition) is 2. The first-order chi connectivity index (χ1) is 10.7. The number of nitrogens with two attached hydrogens (primary N) is 1. The third-order valence-electron chi connectivity index (χ3n) is 4.45. The van der Waals surface area contributed by atoms with Crippen molar-refractivity contribution in [2.75, 3.05) is 19.6 Å². The molecule has 0 radical (unpaired) electrons. The normalized spacial score (nSPS) is 21.0. The van der Waals surface area contributed by atoms with Crippen molar-refractivity contribution in [3.8, 4) is 0 Å². The molecule has 7 heteroatoms. The van der Waals surface area contributed by atoms with E-state index in [1.54, 1.807) is 0 Å². The van der Waals surface area contributed by atoms with Gasteiger partial charge in [-0.25, -0.2) is 4.79 Å². The Morgan fingerprint density at radius 1 is 1.29 bits per heavy atom. The summed E-state index contributed by atoms with van der Waals surface area (Å²) in [6, 6.07) is 0.0205. The van der Waals surface area contributed by atoms with Crippen LogP contribution in [0, 0.1) is 11.8 Å². The molecule has 0 spiro atoms. The smallest absolute Gasteiger partial charge is 0.407 e. The molecular weight excluding hydrogens is 419 g/mol. The monoisotopic (exact) mass is 452 g/mol. The summed E-state index contributed by atoms with van der Waals surface area (Å²) in [6.07, 6.45) is 4.24. The fourth-order valence-corrected chi connectivity index (χ4v) is 2.80. The van der Waals surface area contributed by atoms with E-state index >= 15 is 0 Å². The van der Waals surface area contributed by atoms with Crippen LogP contribution in [-0.4, -0.2) is 48.2 Å². The van der Waals surface area contributed by atoms with Crippen molar-refractivity contribution >= 4 is 36.0 Å². The molecule has 0 aromatic rings. The van der Waals surface area contributed by atoms with Crippen molar-refractivity contribution in [3.63, 3.8) is 0 Å². The number of likely N-dealkylation sites (tertiary alicyclic amines) is 1. The molecule has 1 unspecified atom stereocenters. The minimum absolute atomic E-state index is 0. The lowest BCUT2D eigenvalue weighted by molar-refractivity contribution is 0.0500. The largest absolute Gasteiger partial charge is 0.444 e. The number of nitrogens with zero attached hydrogens (tertiary/aromatic N) is 2. The quantitative estimate of drug-likeness (QED) is 0.391. The number of rotatable bonds is 4. The molecular formula is C17H33IN4O2. The minimum Gasteiger partial charge on any atom is -0.444 e. The van der Waals surface area contributed by atoms with Gasteiger partial charge in [-0.15, -0.1) is 24.0 Å². The van der Waals surface area contributed by atoms with Crippen molar-refractivity contribution in [2.24, 2.45) is 22.6 Å². The van der Waals surface area contributed by atoms with Crippen LogP contribution < -0.4 is 11.1 Å². The SMILES string of the molecule is CC1CCN(C(N)=NCC(NC(=O)OC(C)(C)C)C2CC2)CC1.I. The lowest BCUT2D eigenvalue weighted by Gasteiger charge is -2.31. The van der Waals surface area contributed by atoms with Crippen molar-refractivity contribution in [2.45, 2.75) is 65.0 Å². The van der Waals surface area contributed by atoms with Crippen LogP contribution in [0.4, 0.5) is 4.79 Å². The van der Waals surface area contributed by atoms with E-state index in [2.05, 4.69) is 22.1 Å². The van der Waals surface area contributed by atoms with Crippen LogP contribution >= 0.6 is 24.0 Å². The zero-order valence-electron chi connectivity index (χ0n) is 15.4. The Labute approximate surface area is 163 Å². The molecule has 1 saturated carbocycles. The standard InChI is InChI=1S/C17H32N4O2.HI/c1-12-7-9-21(10-8-12)15(18)19-11-14(13-5-6-13)20-16(22)23-17(2,3)4;/h12-14H,5-11H2,1-4H3,(H2,18,19)(H,20,22);1H. The average molecular weight is 452 g/mol. The van der Waals surface area contributed by atoms with Crippen LogP contribution in [0.2, 0.25) is 0 Å². The third kappa shape index (κ3) is 7.44. The zero-order chi connectivity index (χ0) is 17.0. The summed E-state index contributed by atoms with van der Waals surface area (Å²) < 4.78 is 5.34. The predicted octanol–water partition coefficient (Wildman–Crippen LogP) is 2.95. The fourth-order valence-electron chi connectivity index (χ4n) is 2.80. The molecule has 1 amide bonds. The van der Waals surface area contributed by atoms with Gasteiger partial charge in [-0.3, -0.25) is 4.99 Å². The second-order valence-corrected chi connectivity index (χ2v) is 7.96. The predicted molar refractivity (Wildman–Crippen MR) is 108 cm³/mol. The van der Waals surface area contributed by atoms with Gasteiger partial charge in [0.2, 0.25) is 0 Å². The van der Waals surface area contributed by atoms with Crippen LogP contribution in [0.3, 0.4) is 0 Å². The Hall–Kier alpha value is -0.730. The summed E-state index contributed by atoms with van der Waals surface area (Å²) in [7, 11) is 0. The van der Waals surface area contributed by atoms with Crippen molar-refractivity contribution < 1.29 is 9.53 Å². The van der Waals surface area contributed by atoms with Gasteiger partial charge in [0, 0.05) is 13.1 Å². The summed E-state index contributed by atoms with van der Waals surface area (Å²) in [4.78, 5) is 18.6.